The van der Waals surface area contributed by atoms with Gasteiger partial charge in [-0.15, -0.1) is 0 Å². The third kappa shape index (κ3) is 4.30. The largest absolute Gasteiger partial charge is 0.494 e. The molecule has 2 heterocycles. The van der Waals surface area contributed by atoms with Crippen molar-refractivity contribution in [2.45, 2.75) is 19.9 Å². The fraction of sp³-hybridized carbons (Fsp3) is 0.143. The number of hydrogen-bond acceptors (Lipinski definition) is 3. The first kappa shape index (κ1) is 21.5. The third-order valence-electron chi connectivity index (χ3n) is 5.86. The topological polar surface area (TPSA) is 63.6 Å². The molecule has 1 aromatic heterocycles. The zero-order chi connectivity index (χ0) is 23.5. The maximum absolute atomic E-state index is 13.0. The second-order valence-corrected chi connectivity index (χ2v) is 8.29. The first-order chi connectivity index (χ1) is 16.6. The highest BCUT2D eigenvalue weighted by molar-refractivity contribution is 6.32. The Morgan fingerprint density at radius 1 is 0.912 bits per heavy atom. The Labute approximate surface area is 198 Å². The molecule has 1 aliphatic heterocycles. The van der Waals surface area contributed by atoms with Crippen LogP contribution in [0.15, 0.2) is 90.6 Å². The van der Waals surface area contributed by atoms with E-state index in [0.717, 1.165) is 35.2 Å². The van der Waals surface area contributed by atoms with E-state index in [4.69, 9.17) is 4.74 Å². The second kappa shape index (κ2) is 9.27. The van der Waals surface area contributed by atoms with Crippen molar-refractivity contribution in [2.75, 3.05) is 11.6 Å². The van der Waals surface area contributed by atoms with Gasteiger partial charge in [0.05, 0.1) is 12.3 Å². The molecule has 0 aliphatic carbocycles. The number of anilines is 1. The number of hydrazine groups is 1. The molecule has 1 saturated heterocycles. The van der Waals surface area contributed by atoms with Gasteiger partial charge in [0.15, 0.2) is 0 Å². The van der Waals surface area contributed by atoms with Crippen LogP contribution in [-0.4, -0.2) is 23.0 Å². The van der Waals surface area contributed by atoms with Gasteiger partial charge in [-0.25, -0.2) is 5.01 Å². The van der Waals surface area contributed by atoms with Gasteiger partial charge in [0.1, 0.15) is 11.3 Å². The summed E-state index contributed by atoms with van der Waals surface area (Å²) >= 11 is 0. The SMILES string of the molecule is Cc1ccc(OCCCn2cc(C=C3C(=O)NN(c4ccccc4)C3=O)c3ccccc32)cc1. The number of fused-ring (bicyclic) bond motifs is 1. The summed E-state index contributed by atoms with van der Waals surface area (Å²) in [5.41, 5.74) is 6.50. The van der Waals surface area contributed by atoms with E-state index in [1.807, 2.05) is 72.9 Å². The van der Waals surface area contributed by atoms with Crippen molar-refractivity contribution in [3.63, 3.8) is 0 Å². The summed E-state index contributed by atoms with van der Waals surface area (Å²) in [6.07, 6.45) is 4.50. The van der Waals surface area contributed by atoms with Crippen LogP contribution in [-0.2, 0) is 16.1 Å². The van der Waals surface area contributed by atoms with E-state index in [0.29, 0.717) is 12.3 Å². The van der Waals surface area contributed by atoms with Crippen LogP contribution in [0.1, 0.15) is 17.5 Å². The molecule has 0 radical (unpaired) electrons. The van der Waals surface area contributed by atoms with Gasteiger partial charge in [-0.1, -0.05) is 54.1 Å². The number of carbonyl (C=O) groups is 2. The summed E-state index contributed by atoms with van der Waals surface area (Å²) in [5.74, 6) is 0.0961. The molecular formula is C28H25N3O3. The van der Waals surface area contributed by atoms with Gasteiger partial charge in [-0.2, -0.15) is 0 Å². The Morgan fingerprint density at radius 2 is 1.65 bits per heavy atom. The number of aromatic nitrogens is 1. The predicted molar refractivity (Wildman–Crippen MR) is 133 cm³/mol. The molecular weight excluding hydrogens is 426 g/mol. The van der Waals surface area contributed by atoms with E-state index in [-0.39, 0.29) is 11.5 Å². The van der Waals surface area contributed by atoms with E-state index < -0.39 is 5.91 Å². The van der Waals surface area contributed by atoms with Crippen molar-refractivity contribution in [3.05, 3.63) is 102 Å². The van der Waals surface area contributed by atoms with Crippen LogP contribution < -0.4 is 15.2 Å². The van der Waals surface area contributed by atoms with Gasteiger partial charge in [0.25, 0.3) is 11.8 Å². The Kier molecular flexibility index (Phi) is 5.87. The number of ether oxygens (including phenoxy) is 1. The molecule has 4 aromatic rings. The molecule has 6 heteroatoms. The molecule has 34 heavy (non-hydrogen) atoms. The highest BCUT2D eigenvalue weighted by atomic mass is 16.5. The summed E-state index contributed by atoms with van der Waals surface area (Å²) in [4.78, 5) is 25.6. The van der Waals surface area contributed by atoms with Crippen LogP contribution >= 0.6 is 0 Å². The van der Waals surface area contributed by atoms with Crippen LogP contribution in [0.5, 0.6) is 5.75 Å². The van der Waals surface area contributed by atoms with Crippen molar-refractivity contribution in [2.24, 2.45) is 0 Å². The first-order valence-corrected chi connectivity index (χ1v) is 11.3. The van der Waals surface area contributed by atoms with Gasteiger partial charge >= 0.3 is 0 Å². The number of carbonyl (C=O) groups excluding carboxylic acids is 2. The molecule has 0 bridgehead atoms. The normalized spacial score (nSPS) is 14.7. The molecule has 6 nitrogen and oxygen atoms in total. The Balaban J connectivity index is 1.35. The maximum atomic E-state index is 13.0. The molecule has 170 valence electrons. The van der Waals surface area contributed by atoms with Crippen molar-refractivity contribution in [3.8, 4) is 5.75 Å². The predicted octanol–water partition coefficient (Wildman–Crippen LogP) is 4.88. The molecule has 1 N–H and O–H groups in total. The summed E-state index contributed by atoms with van der Waals surface area (Å²) in [6, 6.07) is 25.1. The summed E-state index contributed by atoms with van der Waals surface area (Å²) in [7, 11) is 0. The van der Waals surface area contributed by atoms with Crippen LogP contribution in [0.4, 0.5) is 5.69 Å². The van der Waals surface area contributed by atoms with E-state index in [1.165, 1.54) is 10.6 Å². The average molecular weight is 452 g/mol. The van der Waals surface area contributed by atoms with Crippen molar-refractivity contribution >= 4 is 34.5 Å². The van der Waals surface area contributed by atoms with Gasteiger partial charge in [0, 0.05) is 29.2 Å². The monoisotopic (exact) mass is 451 g/mol. The van der Waals surface area contributed by atoms with E-state index >= 15 is 0 Å². The lowest BCUT2D eigenvalue weighted by molar-refractivity contribution is -0.117. The smallest absolute Gasteiger partial charge is 0.282 e. The fourth-order valence-corrected chi connectivity index (χ4v) is 4.11. The van der Waals surface area contributed by atoms with E-state index in [2.05, 4.69) is 16.9 Å². The van der Waals surface area contributed by atoms with Crippen LogP contribution in [0, 0.1) is 6.92 Å². The number of aryl methyl sites for hydroxylation is 2. The number of nitrogens with one attached hydrogen (secondary N) is 1. The lowest BCUT2D eigenvalue weighted by Crippen LogP contribution is -2.35. The van der Waals surface area contributed by atoms with Crippen molar-refractivity contribution < 1.29 is 14.3 Å². The Bertz CT molecular complexity index is 1370. The molecule has 2 amide bonds. The van der Waals surface area contributed by atoms with Crippen LogP contribution in [0.25, 0.3) is 17.0 Å². The molecule has 0 saturated carbocycles. The van der Waals surface area contributed by atoms with Gasteiger partial charge in [0.2, 0.25) is 0 Å². The quantitative estimate of drug-likeness (QED) is 0.247. The zero-order valence-corrected chi connectivity index (χ0v) is 18.9. The maximum Gasteiger partial charge on any atom is 0.282 e. The molecule has 1 fully saturated rings. The number of hydrogen-bond donors (Lipinski definition) is 1. The number of nitrogens with zero attached hydrogens (tertiary/aromatic N) is 2. The van der Waals surface area contributed by atoms with E-state index in [9.17, 15) is 9.59 Å². The van der Waals surface area contributed by atoms with Gasteiger partial charge in [-0.3, -0.25) is 15.0 Å². The third-order valence-corrected chi connectivity index (χ3v) is 5.86. The highest BCUT2D eigenvalue weighted by Gasteiger charge is 2.34. The average Bonchev–Trinajstić information content (AvgIpc) is 3.36. The van der Waals surface area contributed by atoms with Gasteiger partial charge in [-0.05, 0) is 49.8 Å². The van der Waals surface area contributed by atoms with Crippen molar-refractivity contribution in [1.82, 2.24) is 9.99 Å². The summed E-state index contributed by atoms with van der Waals surface area (Å²) < 4.78 is 8.01. The summed E-state index contributed by atoms with van der Waals surface area (Å²) in [6.45, 7) is 3.40. The van der Waals surface area contributed by atoms with Crippen molar-refractivity contribution in [1.29, 1.82) is 0 Å². The minimum atomic E-state index is -0.405. The molecule has 0 atom stereocenters. The second-order valence-electron chi connectivity index (χ2n) is 8.29. The number of para-hydroxylation sites is 2. The number of rotatable bonds is 7. The Hall–Kier alpha value is -4.32. The highest BCUT2D eigenvalue weighted by Crippen LogP contribution is 2.27. The minimum absolute atomic E-state index is 0.120. The molecule has 0 unspecified atom stereocenters. The molecule has 5 rings (SSSR count). The minimum Gasteiger partial charge on any atom is -0.494 e. The van der Waals surface area contributed by atoms with Crippen LogP contribution in [0.2, 0.25) is 0 Å². The fourth-order valence-electron chi connectivity index (χ4n) is 4.11. The first-order valence-electron chi connectivity index (χ1n) is 11.3. The van der Waals surface area contributed by atoms with Gasteiger partial charge < -0.3 is 9.30 Å². The lowest BCUT2D eigenvalue weighted by Gasteiger charge is -2.13. The number of benzene rings is 3. The Morgan fingerprint density at radius 3 is 2.44 bits per heavy atom. The summed E-state index contributed by atoms with van der Waals surface area (Å²) in [5, 5.41) is 2.28. The van der Waals surface area contributed by atoms with E-state index in [1.54, 1.807) is 18.2 Å². The number of amides is 2. The molecule has 0 spiro atoms. The standard InChI is InChI=1S/C28H25N3O3/c1-20-12-14-23(15-13-20)34-17-7-16-30-19-21(24-10-5-6-11-26(24)30)18-25-27(32)29-31(28(25)33)22-8-3-2-4-9-22/h2-6,8-15,18-19H,7,16-17H2,1H3,(H,29,32). The molecule has 1 aliphatic rings. The van der Waals surface area contributed by atoms with Crippen LogP contribution in [0.3, 0.4) is 0 Å². The lowest BCUT2D eigenvalue weighted by atomic mass is 10.1. The zero-order valence-electron chi connectivity index (χ0n) is 18.9. The molecule has 3 aromatic carbocycles.